The van der Waals surface area contributed by atoms with Crippen LogP contribution in [-0.2, 0) is 6.61 Å². The highest BCUT2D eigenvalue weighted by Gasteiger charge is 2.06. The van der Waals surface area contributed by atoms with Crippen LogP contribution in [0.25, 0.3) is 0 Å². The molecule has 0 aliphatic carbocycles. The summed E-state index contributed by atoms with van der Waals surface area (Å²) in [6.07, 6.45) is 1.65. The van der Waals surface area contributed by atoms with Gasteiger partial charge in [0.2, 0.25) is 0 Å². The van der Waals surface area contributed by atoms with Crippen molar-refractivity contribution >= 4 is 45.4 Å². The molecule has 0 saturated carbocycles. The zero-order chi connectivity index (χ0) is 18.9. The number of nitrogens with one attached hydrogen (secondary N) is 2. The molecule has 136 valence electrons. The van der Waals surface area contributed by atoms with Crippen molar-refractivity contribution in [1.29, 1.82) is 0 Å². The van der Waals surface area contributed by atoms with Gasteiger partial charge in [0.15, 0.2) is 5.11 Å². The normalized spacial score (nSPS) is 10.5. The first kappa shape index (κ1) is 19.9. The first-order valence-electron chi connectivity index (χ1n) is 7.81. The second kappa shape index (κ2) is 9.88. The van der Waals surface area contributed by atoms with Gasteiger partial charge in [-0.2, -0.15) is 5.10 Å². The van der Waals surface area contributed by atoms with Crippen LogP contribution in [0.5, 0.6) is 5.75 Å². The molecule has 0 bridgehead atoms. The lowest BCUT2D eigenvalue weighted by atomic mass is 10.1. The molecule has 0 spiro atoms. The van der Waals surface area contributed by atoms with Gasteiger partial charge in [-0.25, -0.2) is 4.79 Å². The number of carbonyl (C=O) groups is 1. The lowest BCUT2D eigenvalue weighted by Crippen LogP contribution is -2.31. The van der Waals surface area contributed by atoms with Gasteiger partial charge in [0.25, 0.3) is 0 Å². The molecule has 2 aromatic rings. The van der Waals surface area contributed by atoms with E-state index >= 15 is 0 Å². The quantitative estimate of drug-likeness (QED) is 0.350. The van der Waals surface area contributed by atoms with E-state index in [-0.39, 0.29) is 12.2 Å². The molecule has 0 aliphatic rings. The summed E-state index contributed by atoms with van der Waals surface area (Å²) in [5, 5.41) is 16.5. The molecule has 2 rings (SSSR count). The van der Waals surface area contributed by atoms with Crippen LogP contribution in [-0.4, -0.2) is 28.9 Å². The molecule has 0 aliphatic heterocycles. The van der Waals surface area contributed by atoms with Gasteiger partial charge in [-0.1, -0.05) is 12.1 Å². The summed E-state index contributed by atoms with van der Waals surface area (Å²) in [7, 11) is 0. The maximum atomic E-state index is 11.0. The van der Waals surface area contributed by atoms with E-state index in [0.29, 0.717) is 10.9 Å². The van der Waals surface area contributed by atoms with Gasteiger partial charge >= 0.3 is 5.97 Å². The second-order valence-corrected chi connectivity index (χ2v) is 6.48. The van der Waals surface area contributed by atoms with Crippen LogP contribution < -0.4 is 15.5 Å². The van der Waals surface area contributed by atoms with Crippen LogP contribution in [0, 0.1) is 0 Å². The summed E-state index contributed by atoms with van der Waals surface area (Å²) in [6.45, 7) is 2.95. The number of halogens is 1. The second-order valence-electron chi connectivity index (χ2n) is 5.21. The maximum absolute atomic E-state index is 11.0. The van der Waals surface area contributed by atoms with Crippen LogP contribution in [0.3, 0.4) is 0 Å². The molecule has 3 N–H and O–H groups in total. The minimum absolute atomic E-state index is 0.236. The summed E-state index contributed by atoms with van der Waals surface area (Å²) in [5.41, 5.74) is 4.60. The van der Waals surface area contributed by atoms with Gasteiger partial charge in [-0.05, 0) is 76.5 Å². The Labute approximate surface area is 165 Å². The summed E-state index contributed by atoms with van der Waals surface area (Å²) >= 11 is 8.48. The molecule has 2 aromatic carbocycles. The minimum Gasteiger partial charge on any atom is -0.488 e. The van der Waals surface area contributed by atoms with E-state index in [0.717, 1.165) is 22.1 Å². The molecule has 0 fully saturated rings. The summed E-state index contributed by atoms with van der Waals surface area (Å²) in [5.74, 6) is -0.307. The van der Waals surface area contributed by atoms with E-state index in [9.17, 15) is 4.79 Å². The molecule has 6 nitrogen and oxygen atoms in total. The Bertz CT molecular complexity index is 827. The number of benzene rings is 2. The Hall–Kier alpha value is -2.45. The maximum Gasteiger partial charge on any atom is 0.335 e. The van der Waals surface area contributed by atoms with Crippen molar-refractivity contribution in [2.45, 2.75) is 13.5 Å². The number of carboxylic acid groups (broad SMARTS) is 1. The largest absolute Gasteiger partial charge is 0.488 e. The Morgan fingerprint density at radius 3 is 2.85 bits per heavy atom. The lowest BCUT2D eigenvalue weighted by Gasteiger charge is -2.09. The van der Waals surface area contributed by atoms with Crippen LogP contribution in [0.1, 0.15) is 28.4 Å². The number of rotatable bonds is 7. The average Bonchev–Trinajstić information content (AvgIpc) is 2.61. The van der Waals surface area contributed by atoms with Gasteiger partial charge in [0.05, 0.1) is 16.3 Å². The minimum atomic E-state index is -0.959. The van der Waals surface area contributed by atoms with Gasteiger partial charge in [-0.3, -0.25) is 5.43 Å². The van der Waals surface area contributed by atoms with Crippen molar-refractivity contribution in [3.8, 4) is 5.75 Å². The number of hydrazone groups is 1. The highest BCUT2D eigenvalue weighted by atomic mass is 79.9. The molecule has 26 heavy (non-hydrogen) atoms. The van der Waals surface area contributed by atoms with Crippen molar-refractivity contribution < 1.29 is 14.6 Å². The number of ether oxygens (including phenoxy) is 1. The Morgan fingerprint density at radius 1 is 1.35 bits per heavy atom. The standard InChI is InChI=1S/C18H18BrN3O3S/c1-2-20-18(26)22-21-10-12-6-7-16(15(19)9-12)25-11-13-4-3-5-14(8-13)17(23)24/h3-10H,2,11H2,1H3,(H,23,24)(H2,20,22,26)/b21-10-. The van der Waals surface area contributed by atoms with Crippen molar-refractivity contribution in [1.82, 2.24) is 10.7 Å². The Kier molecular flexibility index (Phi) is 7.55. The fourth-order valence-corrected chi connectivity index (χ4v) is 2.74. The molecule has 0 atom stereocenters. The molecule has 8 heteroatoms. The van der Waals surface area contributed by atoms with Crippen molar-refractivity contribution in [3.63, 3.8) is 0 Å². The molecule has 0 saturated heterocycles. The van der Waals surface area contributed by atoms with Crippen molar-refractivity contribution in [2.24, 2.45) is 5.10 Å². The molecule has 0 heterocycles. The molecule has 0 amide bonds. The number of carboxylic acids is 1. The molecule has 0 radical (unpaired) electrons. The van der Waals surface area contributed by atoms with Gasteiger partial charge in [0.1, 0.15) is 12.4 Å². The number of nitrogens with zero attached hydrogens (tertiary/aromatic N) is 1. The van der Waals surface area contributed by atoms with Crippen LogP contribution in [0.15, 0.2) is 52.0 Å². The molecule has 0 aromatic heterocycles. The van der Waals surface area contributed by atoms with Crippen molar-refractivity contribution in [2.75, 3.05) is 6.54 Å². The SMILES string of the molecule is CCNC(=S)N/N=C\c1ccc(OCc2cccc(C(=O)O)c2)c(Br)c1. The van der Waals surface area contributed by atoms with Gasteiger partial charge < -0.3 is 15.2 Å². The highest BCUT2D eigenvalue weighted by molar-refractivity contribution is 9.10. The zero-order valence-corrected chi connectivity index (χ0v) is 16.4. The monoisotopic (exact) mass is 435 g/mol. The van der Waals surface area contributed by atoms with E-state index in [1.807, 2.05) is 31.2 Å². The van der Waals surface area contributed by atoms with Crippen molar-refractivity contribution in [3.05, 3.63) is 63.6 Å². The fraction of sp³-hybridized carbons (Fsp3) is 0.167. The van der Waals surface area contributed by atoms with E-state index in [1.165, 1.54) is 0 Å². The third kappa shape index (κ3) is 6.12. The van der Waals surface area contributed by atoms with E-state index in [4.69, 9.17) is 22.1 Å². The Morgan fingerprint density at radius 2 is 2.15 bits per heavy atom. The number of thiocarbonyl (C=S) groups is 1. The number of aromatic carboxylic acids is 1. The summed E-state index contributed by atoms with van der Waals surface area (Å²) in [6, 6.07) is 12.2. The van der Waals surface area contributed by atoms with E-state index in [2.05, 4.69) is 31.8 Å². The fourth-order valence-electron chi connectivity index (χ4n) is 2.04. The van der Waals surface area contributed by atoms with Gasteiger partial charge in [-0.15, -0.1) is 0 Å². The van der Waals surface area contributed by atoms with Crippen LogP contribution in [0.2, 0.25) is 0 Å². The van der Waals surface area contributed by atoms with E-state index in [1.54, 1.807) is 24.4 Å². The third-order valence-electron chi connectivity index (χ3n) is 3.24. The molecule has 0 unspecified atom stereocenters. The molecular formula is C18H18BrN3O3S. The summed E-state index contributed by atoms with van der Waals surface area (Å²) in [4.78, 5) is 11.0. The predicted molar refractivity (Wildman–Crippen MR) is 109 cm³/mol. The summed E-state index contributed by atoms with van der Waals surface area (Å²) < 4.78 is 6.53. The van der Waals surface area contributed by atoms with E-state index < -0.39 is 5.97 Å². The first-order valence-corrected chi connectivity index (χ1v) is 9.01. The first-order chi connectivity index (χ1) is 12.5. The topological polar surface area (TPSA) is 83.0 Å². The third-order valence-corrected chi connectivity index (χ3v) is 4.10. The Balaban J connectivity index is 1.97. The zero-order valence-electron chi connectivity index (χ0n) is 14.0. The average molecular weight is 436 g/mol. The predicted octanol–water partition coefficient (Wildman–Crippen LogP) is 3.54. The highest BCUT2D eigenvalue weighted by Crippen LogP contribution is 2.26. The smallest absolute Gasteiger partial charge is 0.335 e. The van der Waals surface area contributed by atoms with Gasteiger partial charge in [0, 0.05) is 6.54 Å². The van der Waals surface area contributed by atoms with Crippen LogP contribution >= 0.6 is 28.1 Å². The number of hydrogen-bond donors (Lipinski definition) is 3. The number of hydrogen-bond acceptors (Lipinski definition) is 4. The lowest BCUT2D eigenvalue weighted by molar-refractivity contribution is 0.0696. The van der Waals surface area contributed by atoms with Crippen LogP contribution in [0.4, 0.5) is 0 Å². The molecular weight excluding hydrogens is 418 g/mol.